The lowest BCUT2D eigenvalue weighted by atomic mass is 10.2. The Hall–Kier alpha value is -1.46. The second-order valence-corrected chi connectivity index (χ2v) is 5.23. The Morgan fingerprint density at radius 3 is 2.95 bits per heavy atom. The topological polar surface area (TPSA) is 54.5 Å². The molecule has 2 heterocycles. The first-order valence-electron chi connectivity index (χ1n) is 6.84. The van der Waals surface area contributed by atoms with Crippen LogP contribution in [-0.2, 0) is 16.1 Å². The largest absolute Gasteiger partial charge is 0.366 e. The van der Waals surface area contributed by atoms with Crippen molar-refractivity contribution in [1.82, 2.24) is 15.2 Å². The Kier molecular flexibility index (Phi) is 3.75. The van der Waals surface area contributed by atoms with Crippen molar-refractivity contribution in [2.75, 3.05) is 19.7 Å². The Morgan fingerprint density at radius 2 is 2.21 bits per heavy atom. The van der Waals surface area contributed by atoms with Gasteiger partial charge < -0.3 is 10.1 Å². The number of carbonyl (C=O) groups excluding carboxylic acids is 1. The summed E-state index contributed by atoms with van der Waals surface area (Å²) in [5, 5.41) is 3.01. The molecule has 5 nitrogen and oxygen atoms in total. The average molecular weight is 261 g/mol. The van der Waals surface area contributed by atoms with E-state index in [2.05, 4.69) is 15.2 Å². The maximum absolute atomic E-state index is 12.0. The first-order valence-corrected chi connectivity index (χ1v) is 6.84. The Labute approximate surface area is 113 Å². The van der Waals surface area contributed by atoms with Crippen molar-refractivity contribution in [3.63, 3.8) is 0 Å². The lowest BCUT2D eigenvalue weighted by Crippen LogP contribution is -2.49. The monoisotopic (exact) mass is 261 g/mol. The number of hydrogen-bond donors (Lipinski definition) is 1. The van der Waals surface area contributed by atoms with Crippen LogP contribution in [0, 0.1) is 0 Å². The third-order valence-corrected chi connectivity index (χ3v) is 3.52. The highest BCUT2D eigenvalue weighted by Gasteiger charge is 2.31. The van der Waals surface area contributed by atoms with Gasteiger partial charge in [0.2, 0.25) is 0 Å². The number of hydrogen-bond acceptors (Lipinski definition) is 4. The highest BCUT2D eigenvalue weighted by molar-refractivity contribution is 5.81. The molecule has 2 fully saturated rings. The van der Waals surface area contributed by atoms with Crippen LogP contribution >= 0.6 is 0 Å². The number of ether oxygens (including phenoxy) is 1. The second-order valence-electron chi connectivity index (χ2n) is 5.23. The normalized spacial score (nSPS) is 24.1. The molecule has 2 aliphatic rings. The number of amides is 1. The van der Waals surface area contributed by atoms with Crippen LogP contribution in [0.5, 0.6) is 0 Å². The first kappa shape index (κ1) is 12.6. The van der Waals surface area contributed by atoms with Gasteiger partial charge in [0.05, 0.1) is 6.61 Å². The van der Waals surface area contributed by atoms with Crippen molar-refractivity contribution in [3.8, 4) is 0 Å². The van der Waals surface area contributed by atoms with Gasteiger partial charge in [-0.2, -0.15) is 0 Å². The van der Waals surface area contributed by atoms with Gasteiger partial charge in [0.1, 0.15) is 6.10 Å². The molecule has 1 atom stereocenters. The molecule has 19 heavy (non-hydrogen) atoms. The van der Waals surface area contributed by atoms with Crippen LogP contribution in [0.4, 0.5) is 0 Å². The number of pyridine rings is 1. The standard InChI is InChI=1S/C14H19N3O2/c18-14(16-12-1-2-12)13-10-17(7-8-19-13)9-11-3-5-15-6-4-11/h3-6,12-13H,1-2,7-10H2,(H,16,18). The highest BCUT2D eigenvalue weighted by atomic mass is 16.5. The molecule has 1 N–H and O–H groups in total. The van der Waals surface area contributed by atoms with Gasteiger partial charge in [0, 0.05) is 38.1 Å². The van der Waals surface area contributed by atoms with Crippen LogP contribution < -0.4 is 5.32 Å². The Bertz CT molecular complexity index is 434. The molecule has 1 saturated carbocycles. The van der Waals surface area contributed by atoms with Crippen molar-refractivity contribution in [1.29, 1.82) is 0 Å². The molecule has 1 amide bonds. The average Bonchev–Trinajstić information content (AvgIpc) is 3.24. The number of morpholine rings is 1. The summed E-state index contributed by atoms with van der Waals surface area (Å²) in [6.45, 7) is 3.00. The van der Waals surface area contributed by atoms with Gasteiger partial charge in [0.15, 0.2) is 0 Å². The van der Waals surface area contributed by atoms with Gasteiger partial charge in [-0.1, -0.05) is 0 Å². The quantitative estimate of drug-likeness (QED) is 0.860. The van der Waals surface area contributed by atoms with E-state index in [9.17, 15) is 4.79 Å². The maximum Gasteiger partial charge on any atom is 0.250 e. The van der Waals surface area contributed by atoms with E-state index in [4.69, 9.17) is 4.74 Å². The molecule has 0 aromatic carbocycles. The maximum atomic E-state index is 12.0. The summed E-state index contributed by atoms with van der Waals surface area (Å²) in [7, 11) is 0. The van der Waals surface area contributed by atoms with E-state index in [1.165, 1.54) is 5.56 Å². The fraction of sp³-hybridized carbons (Fsp3) is 0.571. The minimum Gasteiger partial charge on any atom is -0.366 e. The number of nitrogens with zero attached hydrogens (tertiary/aromatic N) is 2. The van der Waals surface area contributed by atoms with Gasteiger partial charge in [-0.15, -0.1) is 0 Å². The minimum absolute atomic E-state index is 0.0435. The van der Waals surface area contributed by atoms with E-state index >= 15 is 0 Å². The number of carbonyl (C=O) groups is 1. The van der Waals surface area contributed by atoms with Crippen molar-refractivity contribution in [2.45, 2.75) is 31.5 Å². The summed E-state index contributed by atoms with van der Waals surface area (Å²) >= 11 is 0. The van der Waals surface area contributed by atoms with E-state index in [0.717, 1.165) is 25.9 Å². The zero-order chi connectivity index (χ0) is 13.1. The molecular weight excluding hydrogens is 242 g/mol. The van der Waals surface area contributed by atoms with Gasteiger partial charge >= 0.3 is 0 Å². The second kappa shape index (κ2) is 5.67. The lowest BCUT2D eigenvalue weighted by molar-refractivity contribution is -0.138. The van der Waals surface area contributed by atoms with Crippen molar-refractivity contribution in [3.05, 3.63) is 30.1 Å². The van der Waals surface area contributed by atoms with E-state index < -0.39 is 0 Å². The highest BCUT2D eigenvalue weighted by Crippen LogP contribution is 2.19. The fourth-order valence-electron chi connectivity index (χ4n) is 2.27. The van der Waals surface area contributed by atoms with E-state index in [1.54, 1.807) is 12.4 Å². The molecule has 1 aromatic rings. The number of aromatic nitrogens is 1. The molecule has 1 aliphatic carbocycles. The number of nitrogens with one attached hydrogen (secondary N) is 1. The SMILES string of the molecule is O=C(NC1CC1)C1CN(Cc2ccncc2)CCO1. The molecule has 3 rings (SSSR count). The first-order chi connectivity index (χ1) is 9.31. The summed E-state index contributed by atoms with van der Waals surface area (Å²) in [5.41, 5.74) is 1.22. The molecule has 1 saturated heterocycles. The zero-order valence-corrected chi connectivity index (χ0v) is 10.9. The summed E-state index contributed by atoms with van der Waals surface area (Å²) in [4.78, 5) is 18.2. The summed E-state index contributed by atoms with van der Waals surface area (Å²) < 4.78 is 5.57. The summed E-state index contributed by atoms with van der Waals surface area (Å²) in [6, 6.07) is 4.41. The van der Waals surface area contributed by atoms with Crippen molar-refractivity contribution >= 4 is 5.91 Å². The van der Waals surface area contributed by atoms with Crippen LogP contribution in [0.25, 0.3) is 0 Å². The predicted octanol–water partition coefficient (Wildman–Crippen LogP) is 0.561. The van der Waals surface area contributed by atoms with Crippen LogP contribution in [0.15, 0.2) is 24.5 Å². The molecule has 1 aliphatic heterocycles. The third kappa shape index (κ3) is 3.52. The molecule has 1 aromatic heterocycles. The zero-order valence-electron chi connectivity index (χ0n) is 10.9. The molecule has 0 bridgehead atoms. The lowest BCUT2D eigenvalue weighted by Gasteiger charge is -2.32. The van der Waals surface area contributed by atoms with E-state index in [0.29, 0.717) is 19.2 Å². The minimum atomic E-state index is -0.323. The Balaban J connectivity index is 1.53. The van der Waals surface area contributed by atoms with Crippen LogP contribution in [0.3, 0.4) is 0 Å². The van der Waals surface area contributed by atoms with Gasteiger partial charge in [-0.25, -0.2) is 0 Å². The summed E-state index contributed by atoms with van der Waals surface area (Å²) in [6.07, 6.45) is 5.49. The molecule has 5 heteroatoms. The smallest absolute Gasteiger partial charge is 0.250 e. The van der Waals surface area contributed by atoms with Crippen LogP contribution in [0.2, 0.25) is 0 Å². The van der Waals surface area contributed by atoms with Crippen LogP contribution in [-0.4, -0.2) is 47.6 Å². The predicted molar refractivity (Wildman–Crippen MR) is 70.4 cm³/mol. The van der Waals surface area contributed by atoms with Gasteiger partial charge in [-0.3, -0.25) is 14.7 Å². The molecule has 0 radical (unpaired) electrons. The summed E-state index contributed by atoms with van der Waals surface area (Å²) in [5.74, 6) is 0.0435. The van der Waals surface area contributed by atoms with Crippen molar-refractivity contribution < 1.29 is 9.53 Å². The van der Waals surface area contributed by atoms with E-state index in [1.807, 2.05) is 12.1 Å². The van der Waals surface area contributed by atoms with E-state index in [-0.39, 0.29) is 12.0 Å². The van der Waals surface area contributed by atoms with Gasteiger partial charge in [-0.05, 0) is 30.5 Å². The molecule has 0 spiro atoms. The third-order valence-electron chi connectivity index (χ3n) is 3.52. The Morgan fingerprint density at radius 1 is 1.42 bits per heavy atom. The molecule has 102 valence electrons. The molecule has 1 unspecified atom stereocenters. The van der Waals surface area contributed by atoms with Crippen molar-refractivity contribution in [2.24, 2.45) is 0 Å². The van der Waals surface area contributed by atoms with Gasteiger partial charge in [0.25, 0.3) is 5.91 Å². The molecular formula is C14H19N3O2. The van der Waals surface area contributed by atoms with Crippen LogP contribution in [0.1, 0.15) is 18.4 Å². The number of rotatable bonds is 4. The fourth-order valence-corrected chi connectivity index (χ4v) is 2.27.